The highest BCUT2D eigenvalue weighted by atomic mass is 35.5. The van der Waals surface area contributed by atoms with Gasteiger partial charge in [0.1, 0.15) is 0 Å². The van der Waals surface area contributed by atoms with Gasteiger partial charge in [-0.3, -0.25) is 19.2 Å². The minimum Gasteiger partial charge on any atom is -0.328 e. The number of thioether (sulfide) groups is 1. The maximum Gasteiger partial charge on any atom is 0.416 e. The number of imide groups is 1. The van der Waals surface area contributed by atoms with Crippen LogP contribution in [0.4, 0.5) is 18.0 Å². The van der Waals surface area contributed by atoms with E-state index in [1.54, 1.807) is 30.5 Å². The fourth-order valence-electron chi connectivity index (χ4n) is 4.74. The Hall–Kier alpha value is -2.82. The van der Waals surface area contributed by atoms with Gasteiger partial charge in [-0.2, -0.15) is 18.3 Å². The van der Waals surface area contributed by atoms with Crippen molar-refractivity contribution >= 4 is 51.5 Å². The second-order valence-electron chi connectivity index (χ2n) is 9.04. The van der Waals surface area contributed by atoms with Crippen LogP contribution in [0.25, 0.3) is 17.0 Å². The normalized spacial score (nSPS) is 22.2. The molecule has 1 saturated carbocycles. The largest absolute Gasteiger partial charge is 0.416 e. The summed E-state index contributed by atoms with van der Waals surface area (Å²) in [6.45, 7) is -0.0845. The lowest BCUT2D eigenvalue weighted by atomic mass is 9.91. The lowest BCUT2D eigenvalue weighted by Crippen LogP contribution is -2.43. The third-order valence-corrected chi connectivity index (χ3v) is 7.71. The van der Waals surface area contributed by atoms with Gasteiger partial charge < -0.3 is 5.73 Å². The fourth-order valence-corrected chi connectivity index (χ4v) is 5.81. The van der Waals surface area contributed by atoms with Crippen molar-refractivity contribution < 1.29 is 22.8 Å². The maximum absolute atomic E-state index is 13.5. The number of alkyl halides is 3. The molecular formula is C25H22ClF3N4O2S. The molecule has 2 amide bonds. The maximum atomic E-state index is 13.5. The highest BCUT2D eigenvalue weighted by Gasteiger charge is 2.40. The molecule has 2 aromatic carbocycles. The molecule has 2 aliphatic rings. The van der Waals surface area contributed by atoms with E-state index in [4.69, 9.17) is 17.3 Å². The number of amides is 2. The predicted molar refractivity (Wildman–Crippen MR) is 133 cm³/mol. The predicted octanol–water partition coefficient (Wildman–Crippen LogP) is 6.06. The summed E-state index contributed by atoms with van der Waals surface area (Å²) in [5.41, 5.74) is 6.54. The first-order valence-corrected chi connectivity index (χ1v) is 12.6. The molecule has 5 rings (SSSR count). The van der Waals surface area contributed by atoms with Crippen LogP contribution in [0.2, 0.25) is 5.02 Å². The van der Waals surface area contributed by atoms with Crippen LogP contribution >= 0.6 is 23.4 Å². The molecule has 0 unspecified atom stereocenters. The number of carbonyl (C=O) groups is 2. The van der Waals surface area contributed by atoms with Crippen molar-refractivity contribution in [1.82, 2.24) is 14.7 Å². The highest BCUT2D eigenvalue weighted by Crippen LogP contribution is 2.37. The van der Waals surface area contributed by atoms with Gasteiger partial charge in [0.05, 0.1) is 28.7 Å². The van der Waals surface area contributed by atoms with Crippen molar-refractivity contribution in [3.05, 3.63) is 69.2 Å². The van der Waals surface area contributed by atoms with Crippen LogP contribution < -0.4 is 5.73 Å². The molecule has 6 nitrogen and oxygen atoms in total. The number of carbonyl (C=O) groups excluding carboxylic acids is 2. The average molecular weight is 535 g/mol. The zero-order valence-electron chi connectivity index (χ0n) is 19.0. The van der Waals surface area contributed by atoms with Gasteiger partial charge in [-0.05, 0) is 78.9 Å². The van der Waals surface area contributed by atoms with Crippen LogP contribution in [0.3, 0.4) is 0 Å². The molecular weight excluding hydrogens is 513 g/mol. The summed E-state index contributed by atoms with van der Waals surface area (Å²) in [7, 11) is 0. The molecule has 188 valence electrons. The summed E-state index contributed by atoms with van der Waals surface area (Å²) in [4.78, 5) is 27.2. The second kappa shape index (κ2) is 9.57. The molecule has 1 aliphatic heterocycles. The van der Waals surface area contributed by atoms with Crippen molar-refractivity contribution in [2.75, 3.05) is 0 Å². The number of nitrogens with two attached hydrogens (primary N) is 1. The number of benzene rings is 2. The molecule has 1 aliphatic carbocycles. The quantitative estimate of drug-likeness (QED) is 0.411. The molecule has 2 fully saturated rings. The number of fused-ring (bicyclic) bond motifs is 1. The fraction of sp³-hybridized carbons (Fsp3) is 0.320. The minimum atomic E-state index is -4.54. The lowest BCUT2D eigenvalue weighted by molar-refractivity contribution is -0.138. The Bertz CT molecular complexity index is 1380. The van der Waals surface area contributed by atoms with Gasteiger partial charge in [0, 0.05) is 22.5 Å². The van der Waals surface area contributed by atoms with E-state index in [0.29, 0.717) is 34.2 Å². The molecule has 1 saturated heterocycles. The minimum absolute atomic E-state index is 0.0116. The molecule has 36 heavy (non-hydrogen) atoms. The molecule has 0 atom stereocenters. The summed E-state index contributed by atoms with van der Waals surface area (Å²) in [5, 5.41) is 4.70. The first-order chi connectivity index (χ1) is 17.1. The van der Waals surface area contributed by atoms with E-state index in [9.17, 15) is 22.8 Å². The molecule has 11 heteroatoms. The van der Waals surface area contributed by atoms with Gasteiger partial charge in [0.2, 0.25) is 0 Å². The monoisotopic (exact) mass is 534 g/mol. The van der Waals surface area contributed by atoms with Crippen LogP contribution in [0.5, 0.6) is 0 Å². The molecule has 1 aromatic heterocycles. The molecule has 2 heterocycles. The second-order valence-corrected chi connectivity index (χ2v) is 10.5. The Kier molecular flexibility index (Phi) is 6.61. The number of halogens is 4. The van der Waals surface area contributed by atoms with E-state index in [2.05, 4.69) is 5.10 Å². The van der Waals surface area contributed by atoms with Crippen LogP contribution in [0.15, 0.2) is 47.5 Å². The summed E-state index contributed by atoms with van der Waals surface area (Å²) in [5.74, 6) is -0.302. The van der Waals surface area contributed by atoms with Crippen molar-refractivity contribution in [2.45, 2.75) is 50.5 Å². The van der Waals surface area contributed by atoms with Crippen molar-refractivity contribution in [3.63, 3.8) is 0 Å². The first kappa shape index (κ1) is 24.9. The average Bonchev–Trinajstić information content (AvgIpc) is 3.34. The number of hydrogen-bond donors (Lipinski definition) is 1. The van der Waals surface area contributed by atoms with E-state index in [1.807, 2.05) is 0 Å². The van der Waals surface area contributed by atoms with E-state index in [0.717, 1.165) is 30.7 Å². The van der Waals surface area contributed by atoms with Gasteiger partial charge in [-0.1, -0.05) is 23.7 Å². The van der Waals surface area contributed by atoms with Gasteiger partial charge in [-0.25, -0.2) is 0 Å². The van der Waals surface area contributed by atoms with Crippen molar-refractivity contribution in [1.29, 1.82) is 0 Å². The van der Waals surface area contributed by atoms with Gasteiger partial charge in [0.15, 0.2) is 0 Å². The van der Waals surface area contributed by atoms with E-state index < -0.39 is 11.7 Å². The van der Waals surface area contributed by atoms with E-state index >= 15 is 0 Å². The molecule has 0 spiro atoms. The number of nitrogens with zero attached hydrogens (tertiary/aromatic N) is 3. The summed E-state index contributed by atoms with van der Waals surface area (Å²) < 4.78 is 41.9. The molecule has 0 radical (unpaired) electrons. The zero-order valence-corrected chi connectivity index (χ0v) is 20.5. The number of hydrogen-bond acceptors (Lipinski definition) is 5. The smallest absolute Gasteiger partial charge is 0.328 e. The Morgan fingerprint density at radius 3 is 2.58 bits per heavy atom. The first-order valence-electron chi connectivity index (χ1n) is 11.4. The Morgan fingerprint density at radius 2 is 1.86 bits per heavy atom. The third-order valence-electron chi connectivity index (χ3n) is 6.59. The summed E-state index contributed by atoms with van der Waals surface area (Å²) in [6, 6.07) is 8.95. The Labute approximate surface area is 214 Å². The molecule has 3 aromatic rings. The summed E-state index contributed by atoms with van der Waals surface area (Å²) >= 11 is 6.70. The van der Waals surface area contributed by atoms with Crippen LogP contribution in [0, 0.1) is 0 Å². The topological polar surface area (TPSA) is 81.2 Å². The van der Waals surface area contributed by atoms with Crippen LogP contribution in [0.1, 0.15) is 42.4 Å². The van der Waals surface area contributed by atoms with Crippen molar-refractivity contribution in [3.8, 4) is 0 Å². The van der Waals surface area contributed by atoms with E-state index in [-0.39, 0.29) is 40.4 Å². The molecule has 0 bridgehead atoms. The van der Waals surface area contributed by atoms with Gasteiger partial charge in [-0.15, -0.1) is 0 Å². The van der Waals surface area contributed by atoms with Gasteiger partial charge >= 0.3 is 6.18 Å². The third kappa shape index (κ3) is 4.89. The SMILES string of the molecule is N[C@H]1CC[C@H](N2C(=O)S/C(=C\c3ccc4c(cnn4Cc4ccc(Cl)cc4C(F)(F)F)c3)C2=O)CC1. The Balaban J connectivity index is 1.38. The van der Waals surface area contributed by atoms with Crippen LogP contribution in [-0.2, 0) is 17.5 Å². The summed E-state index contributed by atoms with van der Waals surface area (Å²) in [6.07, 6.45) is 1.68. The lowest BCUT2D eigenvalue weighted by Gasteiger charge is -2.31. The zero-order chi connectivity index (χ0) is 25.6. The standard InChI is InChI=1S/C25H22ClF3N4O2S/c26-17-3-2-15(20(11-17)25(27,28)29)13-32-21-8-1-14(9-16(21)12-31-32)10-22-23(34)33(24(35)36-22)19-6-4-18(30)5-7-19/h1-3,8-12,18-19H,4-7,13,30H2/b22-10-/t18-,19-. The Morgan fingerprint density at radius 1 is 1.11 bits per heavy atom. The number of aromatic nitrogens is 2. The molecule has 2 N–H and O–H groups in total. The van der Waals surface area contributed by atoms with E-state index in [1.165, 1.54) is 21.7 Å². The highest BCUT2D eigenvalue weighted by molar-refractivity contribution is 8.18. The van der Waals surface area contributed by atoms with Crippen LogP contribution in [-0.4, -0.2) is 37.9 Å². The van der Waals surface area contributed by atoms with Crippen molar-refractivity contribution in [2.24, 2.45) is 5.73 Å². The number of rotatable bonds is 4. The van der Waals surface area contributed by atoms with Gasteiger partial charge in [0.25, 0.3) is 11.1 Å².